The molecule has 3 aliphatic rings. The molecule has 2 heterocycles. The maximum absolute atomic E-state index is 12.8. The second-order valence-corrected chi connectivity index (χ2v) is 8.38. The standard InChI is InChI=1S/C21H26N2O4.ClH/c1-21(2)10-16-20(17(24)11-21)14(22-25)9-15-13-8-19(27-4)18(26-3)7-12(13)5-6-23(15)16;/h7-8,15,25H,5-6,9-11H2,1-4H3;1H. The van der Waals surface area contributed by atoms with Crippen LogP contribution in [-0.4, -0.2) is 42.4 Å². The second kappa shape index (κ2) is 7.32. The molecule has 0 radical (unpaired) electrons. The van der Waals surface area contributed by atoms with Crippen molar-refractivity contribution < 1.29 is 19.5 Å². The number of oxime groups is 1. The lowest BCUT2D eigenvalue weighted by molar-refractivity contribution is -0.118. The van der Waals surface area contributed by atoms with Crippen molar-refractivity contribution in [2.24, 2.45) is 10.6 Å². The second-order valence-electron chi connectivity index (χ2n) is 8.38. The van der Waals surface area contributed by atoms with Crippen molar-refractivity contribution in [3.63, 3.8) is 0 Å². The van der Waals surface area contributed by atoms with E-state index in [4.69, 9.17) is 9.47 Å². The van der Waals surface area contributed by atoms with Crippen LogP contribution in [0.25, 0.3) is 0 Å². The predicted octanol–water partition coefficient (Wildman–Crippen LogP) is 3.90. The number of methoxy groups -OCH3 is 2. The molecule has 1 aromatic rings. The number of allylic oxidation sites excluding steroid dienone is 2. The highest BCUT2D eigenvalue weighted by molar-refractivity contribution is 6.24. The van der Waals surface area contributed by atoms with Gasteiger partial charge in [-0.25, -0.2) is 0 Å². The van der Waals surface area contributed by atoms with Crippen LogP contribution in [-0.2, 0) is 11.2 Å². The molecule has 0 bridgehead atoms. The molecule has 0 amide bonds. The zero-order valence-electron chi connectivity index (χ0n) is 16.7. The molecule has 1 N–H and O–H groups in total. The van der Waals surface area contributed by atoms with E-state index in [1.54, 1.807) is 14.2 Å². The highest BCUT2D eigenvalue weighted by atomic mass is 35.5. The summed E-state index contributed by atoms with van der Waals surface area (Å²) in [6, 6.07) is 4.11. The van der Waals surface area contributed by atoms with Crippen molar-refractivity contribution in [2.45, 2.75) is 45.6 Å². The van der Waals surface area contributed by atoms with Crippen LogP contribution < -0.4 is 9.47 Å². The van der Waals surface area contributed by atoms with E-state index in [-0.39, 0.29) is 29.6 Å². The summed E-state index contributed by atoms with van der Waals surface area (Å²) in [4.78, 5) is 15.1. The van der Waals surface area contributed by atoms with E-state index in [9.17, 15) is 10.0 Å². The first-order chi connectivity index (χ1) is 12.9. The van der Waals surface area contributed by atoms with Crippen LogP contribution in [0.3, 0.4) is 0 Å². The van der Waals surface area contributed by atoms with Gasteiger partial charge in [-0.1, -0.05) is 19.0 Å². The third-order valence-electron chi connectivity index (χ3n) is 6.00. The predicted molar refractivity (Wildman–Crippen MR) is 109 cm³/mol. The number of rotatable bonds is 2. The third kappa shape index (κ3) is 3.13. The maximum Gasteiger partial charge on any atom is 0.167 e. The largest absolute Gasteiger partial charge is 0.493 e. The van der Waals surface area contributed by atoms with E-state index in [2.05, 4.69) is 23.9 Å². The van der Waals surface area contributed by atoms with Gasteiger partial charge in [-0.15, -0.1) is 12.4 Å². The van der Waals surface area contributed by atoms with E-state index in [0.717, 1.165) is 36.4 Å². The molecule has 0 fully saturated rings. The van der Waals surface area contributed by atoms with E-state index in [1.807, 2.05) is 12.1 Å². The number of hydrogen-bond donors (Lipinski definition) is 1. The van der Waals surface area contributed by atoms with Gasteiger partial charge in [0.25, 0.3) is 0 Å². The number of ketones is 1. The van der Waals surface area contributed by atoms with Crippen LogP contribution in [0.4, 0.5) is 0 Å². The van der Waals surface area contributed by atoms with E-state index in [0.29, 0.717) is 29.9 Å². The number of ether oxygens (including phenoxy) is 2. The topological polar surface area (TPSA) is 71.4 Å². The summed E-state index contributed by atoms with van der Waals surface area (Å²) >= 11 is 0. The highest BCUT2D eigenvalue weighted by Crippen LogP contribution is 2.49. The smallest absolute Gasteiger partial charge is 0.167 e. The number of nitrogens with zero attached hydrogens (tertiary/aromatic N) is 2. The molecule has 0 spiro atoms. The molecule has 0 saturated heterocycles. The van der Waals surface area contributed by atoms with Crippen LogP contribution in [0.5, 0.6) is 11.5 Å². The Kier molecular flexibility index (Phi) is 5.36. The van der Waals surface area contributed by atoms with Gasteiger partial charge in [-0.3, -0.25) is 4.79 Å². The SMILES string of the molecule is COc1cc2c(cc1OC)C1CC(=NO)C3=C(CC(C)(C)CC3=O)N1CC2.Cl. The fourth-order valence-electron chi connectivity index (χ4n) is 4.81. The quantitative estimate of drug-likeness (QED) is 0.595. The van der Waals surface area contributed by atoms with Gasteiger partial charge in [-0.05, 0) is 41.5 Å². The van der Waals surface area contributed by atoms with Gasteiger partial charge in [-0.2, -0.15) is 0 Å². The number of Topliss-reactive ketones (excluding diaryl/α,β-unsaturated/α-hetero) is 1. The summed E-state index contributed by atoms with van der Waals surface area (Å²) in [5.41, 5.74) is 4.46. The Bertz CT molecular complexity index is 875. The van der Waals surface area contributed by atoms with E-state index < -0.39 is 0 Å². The fourth-order valence-corrected chi connectivity index (χ4v) is 4.81. The number of halogens is 1. The fraction of sp³-hybridized carbons (Fsp3) is 0.524. The van der Waals surface area contributed by atoms with Crippen molar-refractivity contribution in [3.05, 3.63) is 34.5 Å². The molecule has 0 saturated carbocycles. The zero-order valence-corrected chi connectivity index (χ0v) is 17.6. The summed E-state index contributed by atoms with van der Waals surface area (Å²) in [5.74, 6) is 1.51. The van der Waals surface area contributed by atoms with Crippen LogP contribution in [0.2, 0.25) is 0 Å². The van der Waals surface area contributed by atoms with Crippen LogP contribution in [0, 0.1) is 5.41 Å². The normalized spacial score (nSPS) is 24.1. The molecule has 1 aliphatic carbocycles. The summed E-state index contributed by atoms with van der Waals surface area (Å²) in [7, 11) is 3.28. The Morgan fingerprint density at radius 3 is 2.50 bits per heavy atom. The summed E-state index contributed by atoms with van der Waals surface area (Å²) in [5, 5.41) is 13.2. The van der Waals surface area contributed by atoms with Crippen LogP contribution in [0.15, 0.2) is 28.6 Å². The maximum atomic E-state index is 12.8. The van der Waals surface area contributed by atoms with Crippen molar-refractivity contribution in [1.29, 1.82) is 0 Å². The molecule has 152 valence electrons. The van der Waals surface area contributed by atoms with E-state index >= 15 is 0 Å². The first-order valence-electron chi connectivity index (χ1n) is 9.37. The van der Waals surface area contributed by atoms with Gasteiger partial charge in [0.05, 0.1) is 31.5 Å². The molecule has 28 heavy (non-hydrogen) atoms. The van der Waals surface area contributed by atoms with Crippen molar-refractivity contribution in [2.75, 3.05) is 20.8 Å². The molecule has 1 aromatic carbocycles. The number of fused-ring (bicyclic) bond motifs is 4. The van der Waals surface area contributed by atoms with Gasteiger partial charge in [0, 0.05) is 25.1 Å². The third-order valence-corrected chi connectivity index (χ3v) is 6.00. The van der Waals surface area contributed by atoms with E-state index in [1.165, 1.54) is 5.56 Å². The first-order valence-corrected chi connectivity index (χ1v) is 9.37. The van der Waals surface area contributed by atoms with Gasteiger partial charge in [0.1, 0.15) is 0 Å². The number of carbonyl (C=O) groups is 1. The molecule has 0 aromatic heterocycles. The summed E-state index contributed by atoms with van der Waals surface area (Å²) < 4.78 is 11.0. The van der Waals surface area contributed by atoms with Crippen LogP contribution in [0.1, 0.15) is 50.3 Å². The summed E-state index contributed by atoms with van der Waals surface area (Å²) in [6.45, 7) is 5.09. The van der Waals surface area contributed by atoms with Crippen molar-refractivity contribution in [3.8, 4) is 11.5 Å². The van der Waals surface area contributed by atoms with Gasteiger partial charge < -0.3 is 19.6 Å². The highest BCUT2D eigenvalue weighted by Gasteiger charge is 2.44. The first kappa shape index (κ1) is 20.5. The molecular formula is C21H27ClN2O4. The number of hydrogen-bond acceptors (Lipinski definition) is 6. The minimum atomic E-state index is -0.0871. The number of carbonyl (C=O) groups excluding carboxylic acids is 1. The van der Waals surface area contributed by atoms with Gasteiger partial charge in [0.15, 0.2) is 17.3 Å². The zero-order chi connectivity index (χ0) is 19.3. The van der Waals surface area contributed by atoms with Crippen LogP contribution >= 0.6 is 12.4 Å². The Hall–Kier alpha value is -2.21. The lowest BCUT2D eigenvalue weighted by Gasteiger charge is -2.48. The Balaban J connectivity index is 0.00000225. The molecule has 2 aliphatic heterocycles. The Labute approximate surface area is 171 Å². The average molecular weight is 407 g/mol. The lowest BCUT2D eigenvalue weighted by Crippen LogP contribution is -2.45. The molecule has 4 rings (SSSR count). The molecular weight excluding hydrogens is 380 g/mol. The van der Waals surface area contributed by atoms with Gasteiger partial charge in [0.2, 0.25) is 0 Å². The molecule has 7 heteroatoms. The minimum absolute atomic E-state index is 0. The van der Waals surface area contributed by atoms with Gasteiger partial charge >= 0.3 is 0 Å². The monoisotopic (exact) mass is 406 g/mol. The molecule has 1 atom stereocenters. The average Bonchev–Trinajstić information content (AvgIpc) is 2.64. The minimum Gasteiger partial charge on any atom is -0.493 e. The summed E-state index contributed by atoms with van der Waals surface area (Å²) in [6.07, 6.45) is 2.70. The molecule has 6 nitrogen and oxygen atoms in total. The lowest BCUT2D eigenvalue weighted by atomic mass is 9.71. The Morgan fingerprint density at radius 2 is 1.86 bits per heavy atom. The molecule has 1 unspecified atom stereocenters. The number of benzene rings is 1. The Morgan fingerprint density at radius 1 is 1.18 bits per heavy atom. The van der Waals surface area contributed by atoms with Crippen molar-refractivity contribution >= 4 is 23.9 Å². The van der Waals surface area contributed by atoms with Crippen molar-refractivity contribution in [1.82, 2.24) is 4.90 Å².